The molecule has 0 unspecified atom stereocenters. The number of ketones is 1. The van der Waals surface area contributed by atoms with Crippen molar-refractivity contribution in [2.45, 2.75) is 17.8 Å². The minimum atomic E-state index is -0.984. The number of anilines is 1. The first-order chi connectivity index (χ1) is 11.9. The van der Waals surface area contributed by atoms with Gasteiger partial charge in [0.25, 0.3) is 0 Å². The van der Waals surface area contributed by atoms with Gasteiger partial charge in [-0.25, -0.2) is 0 Å². The maximum absolute atomic E-state index is 13.0. The first kappa shape index (κ1) is 16.6. The van der Waals surface area contributed by atoms with Crippen LogP contribution in [-0.2, 0) is 15.0 Å². The number of halogens is 3. The molecule has 3 nitrogen and oxygen atoms in total. The predicted molar refractivity (Wildman–Crippen MR) is 99.7 cm³/mol. The Kier molecular flexibility index (Phi) is 3.91. The van der Waals surface area contributed by atoms with Crippen molar-refractivity contribution in [1.29, 1.82) is 0 Å². The van der Waals surface area contributed by atoms with Gasteiger partial charge in [-0.2, -0.15) is 0 Å². The summed E-state index contributed by atoms with van der Waals surface area (Å²) in [5.74, 6) is -0.625. The Morgan fingerprint density at radius 3 is 2.40 bits per heavy atom. The number of hydrogen-bond donors (Lipinski definition) is 1. The third kappa shape index (κ3) is 2.58. The van der Waals surface area contributed by atoms with Crippen LogP contribution in [0, 0.1) is 0 Å². The van der Waals surface area contributed by atoms with E-state index in [4.69, 9.17) is 34.8 Å². The molecule has 126 valence electrons. The third-order valence-corrected chi connectivity index (χ3v) is 5.50. The minimum absolute atomic E-state index is 0.0399. The summed E-state index contributed by atoms with van der Waals surface area (Å²) in [4.78, 5) is 25.1. The zero-order valence-electron chi connectivity index (χ0n) is 12.9. The maximum Gasteiger partial charge on any atom is 0.239 e. The lowest BCUT2D eigenvalue weighted by molar-refractivity contribution is -0.121. The molecule has 2 aromatic rings. The highest BCUT2D eigenvalue weighted by Gasteiger charge is 2.53. The van der Waals surface area contributed by atoms with Crippen LogP contribution in [0.5, 0.6) is 0 Å². The van der Waals surface area contributed by atoms with E-state index >= 15 is 0 Å². The SMILES string of the molecule is O=C1C=C[C@@]2(C(=O)Nc3cc(Cl)ccc32)[C@H](c2cc(Cl)cc(Cl)c2)C1. The van der Waals surface area contributed by atoms with E-state index in [0.29, 0.717) is 20.8 Å². The number of carbonyl (C=O) groups is 2. The van der Waals surface area contributed by atoms with Gasteiger partial charge in [0.15, 0.2) is 5.78 Å². The van der Waals surface area contributed by atoms with Crippen molar-refractivity contribution >= 4 is 52.2 Å². The normalized spacial score (nSPS) is 24.5. The first-order valence-corrected chi connectivity index (χ1v) is 8.83. The van der Waals surface area contributed by atoms with E-state index in [9.17, 15) is 9.59 Å². The zero-order chi connectivity index (χ0) is 17.8. The molecule has 0 aromatic heterocycles. The van der Waals surface area contributed by atoms with Gasteiger partial charge in [-0.15, -0.1) is 0 Å². The average molecular weight is 393 g/mol. The molecule has 0 radical (unpaired) electrons. The first-order valence-electron chi connectivity index (χ1n) is 7.70. The Morgan fingerprint density at radius 1 is 0.960 bits per heavy atom. The Morgan fingerprint density at radius 2 is 1.68 bits per heavy atom. The molecule has 1 heterocycles. The number of rotatable bonds is 1. The Bertz CT molecular complexity index is 933. The zero-order valence-corrected chi connectivity index (χ0v) is 15.1. The minimum Gasteiger partial charge on any atom is -0.325 e. The lowest BCUT2D eigenvalue weighted by Gasteiger charge is -2.36. The maximum atomic E-state index is 13.0. The number of nitrogens with one attached hydrogen (secondary N) is 1. The summed E-state index contributed by atoms with van der Waals surface area (Å²) in [6.45, 7) is 0. The summed E-state index contributed by atoms with van der Waals surface area (Å²) in [6.07, 6.45) is 3.36. The number of benzene rings is 2. The fourth-order valence-corrected chi connectivity index (χ4v) is 4.48. The monoisotopic (exact) mass is 391 g/mol. The summed E-state index contributed by atoms with van der Waals surface area (Å²) < 4.78 is 0. The highest BCUT2D eigenvalue weighted by molar-refractivity contribution is 6.34. The summed E-state index contributed by atoms with van der Waals surface area (Å²) >= 11 is 18.4. The second-order valence-corrected chi connectivity index (χ2v) is 7.58. The molecular weight excluding hydrogens is 381 g/mol. The summed E-state index contributed by atoms with van der Waals surface area (Å²) in [6, 6.07) is 10.4. The van der Waals surface area contributed by atoms with E-state index in [0.717, 1.165) is 11.1 Å². The smallest absolute Gasteiger partial charge is 0.239 e. The number of amides is 1. The summed E-state index contributed by atoms with van der Waals surface area (Å²) in [7, 11) is 0. The van der Waals surface area contributed by atoms with Crippen molar-refractivity contribution in [1.82, 2.24) is 0 Å². The Labute approximate surface area is 159 Å². The van der Waals surface area contributed by atoms with Gasteiger partial charge in [-0.3, -0.25) is 9.59 Å². The molecule has 0 saturated carbocycles. The fraction of sp³-hybridized carbons (Fsp3) is 0.158. The molecule has 2 aromatic carbocycles. The van der Waals surface area contributed by atoms with Crippen LogP contribution >= 0.6 is 34.8 Å². The van der Waals surface area contributed by atoms with Crippen LogP contribution in [0.4, 0.5) is 5.69 Å². The van der Waals surface area contributed by atoms with Gasteiger partial charge >= 0.3 is 0 Å². The standard InChI is InChI=1S/C19H12Cl3NO2/c20-11-1-2-15-17(8-11)23-18(25)19(15)4-3-14(24)9-16(19)10-5-12(21)7-13(22)6-10/h1-8,16H,9H2,(H,23,25)/t16-,19-/m0/s1. The lowest BCUT2D eigenvalue weighted by atomic mass is 9.64. The molecule has 1 amide bonds. The highest BCUT2D eigenvalue weighted by atomic mass is 35.5. The van der Waals surface area contributed by atoms with Gasteiger partial charge in [-0.1, -0.05) is 46.9 Å². The van der Waals surface area contributed by atoms with Gasteiger partial charge in [-0.05, 0) is 47.5 Å². The lowest BCUT2D eigenvalue weighted by Crippen LogP contribution is -2.41. The number of hydrogen-bond acceptors (Lipinski definition) is 2. The average Bonchev–Trinajstić information content (AvgIpc) is 2.80. The van der Waals surface area contributed by atoms with Crippen molar-refractivity contribution in [2.24, 2.45) is 0 Å². The molecule has 1 aliphatic carbocycles. The molecular formula is C19H12Cl3NO2. The topological polar surface area (TPSA) is 46.2 Å². The summed E-state index contributed by atoms with van der Waals surface area (Å²) in [5.41, 5.74) is 1.23. The Hall–Kier alpha value is -1.81. The second kappa shape index (κ2) is 5.87. The molecule has 1 aliphatic heterocycles. The van der Waals surface area contributed by atoms with E-state index < -0.39 is 11.3 Å². The molecule has 25 heavy (non-hydrogen) atoms. The molecule has 6 heteroatoms. The van der Waals surface area contributed by atoms with Crippen LogP contribution in [0.15, 0.2) is 48.6 Å². The largest absolute Gasteiger partial charge is 0.325 e. The molecule has 4 rings (SSSR count). The van der Waals surface area contributed by atoms with Crippen LogP contribution in [0.1, 0.15) is 23.5 Å². The molecule has 0 saturated heterocycles. The number of carbonyl (C=O) groups excluding carboxylic acids is 2. The summed E-state index contributed by atoms with van der Waals surface area (Å²) in [5, 5.41) is 4.36. The van der Waals surface area contributed by atoms with Crippen molar-refractivity contribution < 1.29 is 9.59 Å². The second-order valence-electron chi connectivity index (χ2n) is 6.27. The van der Waals surface area contributed by atoms with Crippen LogP contribution < -0.4 is 5.32 Å². The molecule has 2 atom stereocenters. The highest BCUT2D eigenvalue weighted by Crippen LogP contribution is 2.52. The molecule has 1 N–H and O–H groups in total. The van der Waals surface area contributed by atoms with Crippen LogP contribution in [-0.4, -0.2) is 11.7 Å². The molecule has 0 fully saturated rings. The number of fused-ring (bicyclic) bond motifs is 2. The molecule has 0 bridgehead atoms. The van der Waals surface area contributed by atoms with Crippen LogP contribution in [0.3, 0.4) is 0 Å². The van der Waals surface area contributed by atoms with E-state index in [-0.39, 0.29) is 18.1 Å². The van der Waals surface area contributed by atoms with Crippen LogP contribution in [0.2, 0.25) is 15.1 Å². The van der Waals surface area contributed by atoms with Crippen molar-refractivity contribution in [3.05, 3.63) is 74.7 Å². The van der Waals surface area contributed by atoms with E-state index in [2.05, 4.69) is 5.32 Å². The number of allylic oxidation sites excluding steroid dienone is 1. The molecule has 2 aliphatic rings. The van der Waals surface area contributed by atoms with Gasteiger partial charge in [0.1, 0.15) is 5.41 Å². The van der Waals surface area contributed by atoms with Crippen molar-refractivity contribution in [2.75, 3.05) is 5.32 Å². The predicted octanol–water partition coefficient (Wildman–Crippen LogP) is 5.15. The Balaban J connectivity index is 1.96. The van der Waals surface area contributed by atoms with Gasteiger partial charge in [0.2, 0.25) is 5.91 Å². The van der Waals surface area contributed by atoms with Crippen molar-refractivity contribution in [3.8, 4) is 0 Å². The molecule has 1 spiro atoms. The van der Waals surface area contributed by atoms with E-state index in [1.54, 1.807) is 36.4 Å². The van der Waals surface area contributed by atoms with Gasteiger partial charge < -0.3 is 5.32 Å². The fourth-order valence-electron chi connectivity index (χ4n) is 3.77. The van der Waals surface area contributed by atoms with Crippen molar-refractivity contribution in [3.63, 3.8) is 0 Å². The van der Waals surface area contributed by atoms with Gasteiger partial charge in [0, 0.05) is 33.1 Å². The van der Waals surface area contributed by atoms with E-state index in [1.807, 2.05) is 6.07 Å². The quantitative estimate of drug-likeness (QED) is 0.729. The van der Waals surface area contributed by atoms with Gasteiger partial charge in [0.05, 0.1) is 0 Å². The van der Waals surface area contributed by atoms with Crippen LogP contribution in [0.25, 0.3) is 0 Å². The third-order valence-electron chi connectivity index (χ3n) is 4.83. The van der Waals surface area contributed by atoms with E-state index in [1.165, 1.54) is 6.08 Å².